The molecule has 3 atom stereocenters. The summed E-state index contributed by atoms with van der Waals surface area (Å²) in [6, 6.07) is 10.4. The Morgan fingerprint density at radius 3 is 2.31 bits per heavy atom. The van der Waals surface area contributed by atoms with Crippen molar-refractivity contribution in [3.8, 4) is 5.75 Å². The van der Waals surface area contributed by atoms with E-state index in [9.17, 15) is 24.6 Å². The first-order valence-electron chi connectivity index (χ1n) is 12.0. The number of para-hydroxylation sites is 1. The number of nitrogens with zero attached hydrogens (tertiary/aromatic N) is 1. The molecule has 0 radical (unpaired) electrons. The van der Waals surface area contributed by atoms with Crippen LogP contribution in [0.5, 0.6) is 5.75 Å². The van der Waals surface area contributed by atoms with Crippen LogP contribution in [-0.2, 0) is 14.3 Å². The molecule has 0 aliphatic heterocycles. The fourth-order valence-electron chi connectivity index (χ4n) is 3.66. The molecule has 9 heteroatoms. The topological polar surface area (TPSA) is 128 Å². The maximum atomic E-state index is 13.8. The molecule has 0 bridgehead atoms. The van der Waals surface area contributed by atoms with Gasteiger partial charge >= 0.3 is 6.09 Å². The Hall–Kier alpha value is -3.59. The number of aryl methyl sites for hydroxylation is 1. The Bertz CT molecular complexity index is 1070. The Morgan fingerprint density at radius 2 is 1.75 bits per heavy atom. The zero-order valence-electron chi connectivity index (χ0n) is 21.7. The van der Waals surface area contributed by atoms with Gasteiger partial charge in [0.15, 0.2) is 0 Å². The van der Waals surface area contributed by atoms with Gasteiger partial charge in [-0.25, -0.2) is 4.79 Å². The van der Waals surface area contributed by atoms with E-state index in [1.165, 1.54) is 17.0 Å². The molecule has 0 spiro atoms. The van der Waals surface area contributed by atoms with Crippen molar-refractivity contribution in [1.29, 1.82) is 0 Å². The van der Waals surface area contributed by atoms with Crippen LogP contribution in [0.3, 0.4) is 0 Å². The van der Waals surface area contributed by atoms with Gasteiger partial charge < -0.3 is 30.5 Å². The minimum atomic E-state index is -1.35. The summed E-state index contributed by atoms with van der Waals surface area (Å²) in [5.74, 6) is -1.23. The Kier molecular flexibility index (Phi) is 9.86. The number of rotatable bonds is 9. The quantitative estimate of drug-likeness (QED) is 0.414. The number of carbonyl (C=O) groups excluding carboxylic acids is 3. The number of anilines is 1. The van der Waals surface area contributed by atoms with Crippen molar-refractivity contribution >= 4 is 23.6 Å². The molecule has 0 aromatic heterocycles. The molecule has 2 rings (SSSR count). The number of phenols is 1. The second-order valence-electron chi connectivity index (χ2n) is 9.69. The third-order valence-electron chi connectivity index (χ3n) is 5.61. The molecule has 0 aliphatic carbocycles. The van der Waals surface area contributed by atoms with Crippen molar-refractivity contribution in [1.82, 2.24) is 10.2 Å². The molecule has 4 N–H and O–H groups in total. The smallest absolute Gasteiger partial charge is 0.408 e. The summed E-state index contributed by atoms with van der Waals surface area (Å²) >= 11 is 0. The number of ether oxygens (including phenoxy) is 1. The normalized spacial score (nSPS) is 13.8. The average molecular weight is 500 g/mol. The largest absolute Gasteiger partial charge is 0.508 e. The number of hydrogen-bond acceptors (Lipinski definition) is 6. The van der Waals surface area contributed by atoms with Crippen LogP contribution in [0.2, 0.25) is 0 Å². The fraction of sp³-hybridized carbons (Fsp3) is 0.444. The summed E-state index contributed by atoms with van der Waals surface area (Å²) in [7, 11) is 0. The lowest BCUT2D eigenvalue weighted by molar-refractivity contribution is -0.144. The summed E-state index contributed by atoms with van der Waals surface area (Å²) in [4.78, 5) is 41.2. The van der Waals surface area contributed by atoms with Crippen LogP contribution >= 0.6 is 0 Å². The Labute approximate surface area is 212 Å². The van der Waals surface area contributed by atoms with E-state index in [-0.39, 0.29) is 5.75 Å². The highest BCUT2D eigenvalue weighted by atomic mass is 16.6. The van der Waals surface area contributed by atoms with Crippen molar-refractivity contribution < 1.29 is 29.3 Å². The number of nitrogens with one attached hydrogen (secondary N) is 2. The molecule has 0 saturated carbocycles. The zero-order valence-corrected chi connectivity index (χ0v) is 21.7. The average Bonchev–Trinajstić information content (AvgIpc) is 2.80. The number of hydrogen-bond donors (Lipinski definition) is 4. The predicted molar refractivity (Wildman–Crippen MR) is 137 cm³/mol. The number of carbonyl (C=O) groups is 3. The van der Waals surface area contributed by atoms with E-state index in [1.54, 1.807) is 52.0 Å². The number of benzene rings is 2. The lowest BCUT2D eigenvalue weighted by atomic mass is 9.99. The van der Waals surface area contributed by atoms with Crippen LogP contribution in [-0.4, -0.2) is 57.3 Å². The second kappa shape index (κ2) is 12.4. The van der Waals surface area contributed by atoms with E-state index in [4.69, 9.17) is 4.74 Å². The summed E-state index contributed by atoms with van der Waals surface area (Å²) in [5, 5.41) is 25.4. The molecule has 196 valence electrons. The number of aromatic hydroxyl groups is 1. The SMILES string of the molecule is CCC(C)N(C(=O)C(CO)NC(=O)OC(C)(C)C)C(C(=O)Nc1ccccc1C)c1cccc(O)c1. The molecular weight excluding hydrogens is 462 g/mol. The van der Waals surface area contributed by atoms with Gasteiger partial charge in [-0.05, 0) is 70.4 Å². The highest BCUT2D eigenvalue weighted by Gasteiger charge is 2.38. The van der Waals surface area contributed by atoms with Crippen molar-refractivity contribution in [3.63, 3.8) is 0 Å². The van der Waals surface area contributed by atoms with E-state index in [0.717, 1.165) is 5.56 Å². The molecule has 0 fully saturated rings. The molecule has 36 heavy (non-hydrogen) atoms. The minimum absolute atomic E-state index is 0.0664. The molecule has 0 heterocycles. The molecule has 2 aromatic carbocycles. The predicted octanol–water partition coefficient (Wildman–Crippen LogP) is 3.89. The van der Waals surface area contributed by atoms with E-state index in [0.29, 0.717) is 17.7 Å². The van der Waals surface area contributed by atoms with Crippen LogP contribution in [0.4, 0.5) is 10.5 Å². The monoisotopic (exact) mass is 499 g/mol. The summed E-state index contributed by atoms with van der Waals surface area (Å²) in [6.45, 7) is 9.83. The number of amides is 3. The fourth-order valence-corrected chi connectivity index (χ4v) is 3.66. The Morgan fingerprint density at radius 1 is 1.08 bits per heavy atom. The Balaban J connectivity index is 2.51. The second-order valence-corrected chi connectivity index (χ2v) is 9.69. The minimum Gasteiger partial charge on any atom is -0.508 e. The van der Waals surface area contributed by atoms with Gasteiger partial charge in [0.25, 0.3) is 5.91 Å². The van der Waals surface area contributed by atoms with E-state index in [1.807, 2.05) is 26.0 Å². The highest BCUT2D eigenvalue weighted by Crippen LogP contribution is 2.29. The van der Waals surface area contributed by atoms with Crippen LogP contribution < -0.4 is 10.6 Å². The number of aliphatic hydroxyl groups is 1. The van der Waals surface area contributed by atoms with Crippen LogP contribution in [0, 0.1) is 6.92 Å². The van der Waals surface area contributed by atoms with Gasteiger partial charge in [-0.1, -0.05) is 37.3 Å². The molecule has 2 aromatic rings. The third-order valence-corrected chi connectivity index (χ3v) is 5.61. The lowest BCUT2D eigenvalue weighted by Crippen LogP contribution is -2.56. The maximum absolute atomic E-state index is 13.8. The standard InChI is InChI=1S/C27H37N3O6/c1-7-18(3)30(25(34)22(16-31)29-26(35)36-27(4,5)6)23(19-12-10-13-20(32)15-19)24(33)28-21-14-9-8-11-17(21)2/h8-15,18,22-23,31-32H,7,16H2,1-6H3,(H,28,33)(H,29,35). The van der Waals surface area contributed by atoms with Crippen LogP contribution in [0.15, 0.2) is 48.5 Å². The van der Waals surface area contributed by atoms with Gasteiger partial charge in [-0.15, -0.1) is 0 Å². The van der Waals surface area contributed by atoms with E-state index >= 15 is 0 Å². The van der Waals surface area contributed by atoms with Gasteiger partial charge in [-0.3, -0.25) is 9.59 Å². The van der Waals surface area contributed by atoms with Crippen molar-refractivity contribution in [2.75, 3.05) is 11.9 Å². The zero-order chi connectivity index (χ0) is 27.0. The first-order chi connectivity index (χ1) is 16.9. The van der Waals surface area contributed by atoms with Crippen molar-refractivity contribution in [2.45, 2.75) is 71.7 Å². The molecule has 3 amide bonds. The van der Waals surface area contributed by atoms with E-state index < -0.39 is 48.2 Å². The number of alkyl carbamates (subject to hydrolysis) is 1. The third kappa shape index (κ3) is 7.71. The summed E-state index contributed by atoms with van der Waals surface area (Å²) in [6.07, 6.45) is -0.374. The van der Waals surface area contributed by atoms with Gasteiger partial charge in [0.05, 0.1) is 6.61 Å². The van der Waals surface area contributed by atoms with Gasteiger partial charge in [-0.2, -0.15) is 0 Å². The molecule has 0 saturated heterocycles. The molecule has 3 unspecified atom stereocenters. The van der Waals surface area contributed by atoms with E-state index in [2.05, 4.69) is 10.6 Å². The van der Waals surface area contributed by atoms with Gasteiger partial charge in [0.1, 0.15) is 23.4 Å². The van der Waals surface area contributed by atoms with Crippen LogP contribution in [0.25, 0.3) is 0 Å². The number of aliphatic hydroxyl groups excluding tert-OH is 1. The summed E-state index contributed by atoms with van der Waals surface area (Å²) in [5.41, 5.74) is 0.987. The van der Waals surface area contributed by atoms with Crippen molar-refractivity contribution in [3.05, 3.63) is 59.7 Å². The highest BCUT2D eigenvalue weighted by molar-refractivity contribution is 5.99. The molecular formula is C27H37N3O6. The lowest BCUT2D eigenvalue weighted by Gasteiger charge is -2.38. The number of phenolic OH excluding ortho intramolecular Hbond substituents is 1. The maximum Gasteiger partial charge on any atom is 0.408 e. The first kappa shape index (κ1) is 28.6. The first-order valence-corrected chi connectivity index (χ1v) is 12.0. The van der Waals surface area contributed by atoms with Gasteiger partial charge in [0, 0.05) is 11.7 Å². The molecule has 0 aliphatic rings. The van der Waals surface area contributed by atoms with Crippen molar-refractivity contribution in [2.24, 2.45) is 0 Å². The van der Waals surface area contributed by atoms with Gasteiger partial charge in [0.2, 0.25) is 5.91 Å². The van der Waals surface area contributed by atoms with Crippen LogP contribution in [0.1, 0.15) is 58.2 Å². The molecule has 9 nitrogen and oxygen atoms in total. The summed E-state index contributed by atoms with van der Waals surface area (Å²) < 4.78 is 5.24.